The lowest BCUT2D eigenvalue weighted by molar-refractivity contribution is -0.118. The molecule has 0 saturated carbocycles. The highest BCUT2D eigenvalue weighted by Crippen LogP contribution is 2.16. The Morgan fingerprint density at radius 1 is 1.50 bits per heavy atom. The molecular formula is C12H12O2. The van der Waals surface area contributed by atoms with Gasteiger partial charge in [0.15, 0.2) is 0 Å². The summed E-state index contributed by atoms with van der Waals surface area (Å²) in [5, 5.41) is 9.58. The van der Waals surface area contributed by atoms with Gasteiger partial charge in [-0.05, 0) is 24.6 Å². The predicted octanol–water partition coefficient (Wildman–Crippen LogP) is 1.68. The first-order chi connectivity index (χ1) is 6.63. The molecule has 0 aliphatic heterocycles. The summed E-state index contributed by atoms with van der Waals surface area (Å²) in [5.41, 5.74) is 1.49. The van der Waals surface area contributed by atoms with Crippen molar-refractivity contribution in [2.75, 3.05) is 0 Å². The first-order valence-electron chi connectivity index (χ1n) is 4.37. The lowest BCUT2D eigenvalue weighted by Crippen LogP contribution is -2.02. The average molecular weight is 188 g/mol. The van der Waals surface area contributed by atoms with Crippen molar-refractivity contribution in [3.63, 3.8) is 0 Å². The molecule has 0 spiro atoms. The molecule has 1 rings (SSSR count). The minimum Gasteiger partial charge on any atom is -0.388 e. The largest absolute Gasteiger partial charge is 0.388 e. The molecule has 2 heteroatoms. The Morgan fingerprint density at radius 2 is 2.07 bits per heavy atom. The number of aliphatic hydroxyl groups is 1. The van der Waals surface area contributed by atoms with Gasteiger partial charge in [-0.25, -0.2) is 0 Å². The molecule has 2 nitrogen and oxygen atoms in total. The maximum atomic E-state index is 10.8. The van der Waals surface area contributed by atoms with Crippen LogP contribution in [0.25, 0.3) is 0 Å². The molecule has 1 atom stereocenters. The van der Waals surface area contributed by atoms with E-state index >= 15 is 0 Å². The first-order valence-corrected chi connectivity index (χ1v) is 4.37. The molecule has 72 valence electrons. The number of carbonyl (C=O) groups is 1. The van der Waals surface area contributed by atoms with Gasteiger partial charge in [0.1, 0.15) is 5.78 Å². The molecule has 0 fully saturated rings. The Bertz CT molecular complexity index is 357. The van der Waals surface area contributed by atoms with Crippen LogP contribution in [-0.4, -0.2) is 10.9 Å². The first kappa shape index (κ1) is 10.5. The summed E-state index contributed by atoms with van der Waals surface area (Å²) in [5.74, 6) is 2.46. The van der Waals surface area contributed by atoms with E-state index in [2.05, 4.69) is 5.92 Å². The number of hydrogen-bond acceptors (Lipinski definition) is 2. The minimum atomic E-state index is -0.723. The van der Waals surface area contributed by atoms with E-state index in [1.165, 1.54) is 6.92 Å². The zero-order valence-corrected chi connectivity index (χ0v) is 8.03. The normalized spacial score (nSPS) is 11.8. The molecule has 0 radical (unpaired) electrons. The van der Waals surface area contributed by atoms with Crippen molar-refractivity contribution >= 4 is 5.78 Å². The van der Waals surface area contributed by atoms with Crippen LogP contribution in [0.1, 0.15) is 30.6 Å². The van der Waals surface area contributed by atoms with Gasteiger partial charge in [0, 0.05) is 12.0 Å². The standard InChI is InChI=1S/C12H12O2/c1-3-10-4-6-11(7-5-10)12(14)8-9(2)13/h1,4-7,12,14H,8H2,2H3. The summed E-state index contributed by atoms with van der Waals surface area (Å²) in [7, 11) is 0. The average Bonchev–Trinajstić information content (AvgIpc) is 2.17. The van der Waals surface area contributed by atoms with Gasteiger partial charge in [0.05, 0.1) is 6.10 Å². The van der Waals surface area contributed by atoms with E-state index in [1.807, 2.05) is 0 Å². The molecule has 1 aromatic rings. The Kier molecular flexibility index (Phi) is 3.44. The predicted molar refractivity (Wildman–Crippen MR) is 54.6 cm³/mol. The van der Waals surface area contributed by atoms with E-state index in [4.69, 9.17) is 6.42 Å². The topological polar surface area (TPSA) is 37.3 Å². The van der Waals surface area contributed by atoms with Crippen molar-refractivity contribution in [2.24, 2.45) is 0 Å². The van der Waals surface area contributed by atoms with Crippen molar-refractivity contribution in [2.45, 2.75) is 19.4 Å². The molecule has 0 aliphatic rings. The summed E-state index contributed by atoms with van der Waals surface area (Å²) >= 11 is 0. The maximum absolute atomic E-state index is 10.8. The Labute approximate surface area is 83.6 Å². The van der Waals surface area contributed by atoms with Crippen LogP contribution < -0.4 is 0 Å². The third-order valence-corrected chi connectivity index (χ3v) is 1.94. The fraction of sp³-hybridized carbons (Fsp3) is 0.250. The number of terminal acetylenes is 1. The van der Waals surface area contributed by atoms with Gasteiger partial charge in [-0.1, -0.05) is 18.1 Å². The molecule has 0 saturated heterocycles. The van der Waals surface area contributed by atoms with Crippen LogP contribution in [0.2, 0.25) is 0 Å². The number of benzene rings is 1. The molecule has 1 aromatic carbocycles. The molecular weight excluding hydrogens is 176 g/mol. The lowest BCUT2D eigenvalue weighted by atomic mass is 10.0. The highest BCUT2D eigenvalue weighted by Gasteiger charge is 2.09. The molecule has 1 N–H and O–H groups in total. The van der Waals surface area contributed by atoms with Crippen LogP contribution in [0.15, 0.2) is 24.3 Å². The summed E-state index contributed by atoms with van der Waals surface area (Å²) < 4.78 is 0. The van der Waals surface area contributed by atoms with Crippen molar-refractivity contribution < 1.29 is 9.90 Å². The second-order valence-electron chi connectivity index (χ2n) is 3.19. The monoisotopic (exact) mass is 188 g/mol. The summed E-state index contributed by atoms with van der Waals surface area (Å²) in [6.45, 7) is 1.46. The van der Waals surface area contributed by atoms with E-state index in [1.54, 1.807) is 24.3 Å². The molecule has 0 amide bonds. The van der Waals surface area contributed by atoms with Gasteiger partial charge in [-0.15, -0.1) is 6.42 Å². The molecule has 0 bridgehead atoms. The van der Waals surface area contributed by atoms with Gasteiger partial charge >= 0.3 is 0 Å². The molecule has 0 heterocycles. The fourth-order valence-corrected chi connectivity index (χ4v) is 1.19. The molecule has 0 aromatic heterocycles. The van der Waals surface area contributed by atoms with Gasteiger partial charge in [0.2, 0.25) is 0 Å². The molecule has 0 aliphatic carbocycles. The zero-order chi connectivity index (χ0) is 10.6. The van der Waals surface area contributed by atoms with Crippen LogP contribution in [0.5, 0.6) is 0 Å². The second-order valence-corrected chi connectivity index (χ2v) is 3.19. The lowest BCUT2D eigenvalue weighted by Gasteiger charge is -2.08. The zero-order valence-electron chi connectivity index (χ0n) is 8.03. The third kappa shape index (κ3) is 2.72. The Balaban J connectivity index is 2.77. The highest BCUT2D eigenvalue weighted by molar-refractivity contribution is 5.76. The molecule has 14 heavy (non-hydrogen) atoms. The van der Waals surface area contributed by atoms with Gasteiger partial charge in [-0.2, -0.15) is 0 Å². The van der Waals surface area contributed by atoms with Gasteiger partial charge in [0.25, 0.3) is 0 Å². The Hall–Kier alpha value is -1.59. The smallest absolute Gasteiger partial charge is 0.132 e. The minimum absolute atomic E-state index is 0.0291. The fourth-order valence-electron chi connectivity index (χ4n) is 1.19. The van der Waals surface area contributed by atoms with E-state index in [0.29, 0.717) is 0 Å². The van der Waals surface area contributed by atoms with E-state index < -0.39 is 6.10 Å². The number of carbonyl (C=O) groups excluding carboxylic acids is 1. The van der Waals surface area contributed by atoms with Gasteiger partial charge in [-0.3, -0.25) is 4.79 Å². The van der Waals surface area contributed by atoms with Crippen molar-refractivity contribution in [3.8, 4) is 12.3 Å². The quantitative estimate of drug-likeness (QED) is 0.733. The van der Waals surface area contributed by atoms with Crippen LogP contribution in [0.4, 0.5) is 0 Å². The summed E-state index contributed by atoms with van der Waals surface area (Å²) in [4.78, 5) is 10.8. The number of Topliss-reactive ketones (excluding diaryl/α,β-unsaturated/α-hetero) is 1. The number of rotatable bonds is 3. The molecule has 1 unspecified atom stereocenters. The highest BCUT2D eigenvalue weighted by atomic mass is 16.3. The van der Waals surface area contributed by atoms with Crippen LogP contribution >= 0.6 is 0 Å². The number of aliphatic hydroxyl groups excluding tert-OH is 1. The number of hydrogen-bond donors (Lipinski definition) is 1. The van der Waals surface area contributed by atoms with E-state index in [0.717, 1.165) is 11.1 Å². The third-order valence-electron chi connectivity index (χ3n) is 1.94. The number of ketones is 1. The van der Waals surface area contributed by atoms with Crippen LogP contribution in [-0.2, 0) is 4.79 Å². The van der Waals surface area contributed by atoms with E-state index in [9.17, 15) is 9.90 Å². The SMILES string of the molecule is C#Cc1ccc(C(O)CC(C)=O)cc1. The maximum Gasteiger partial charge on any atom is 0.132 e. The van der Waals surface area contributed by atoms with Crippen LogP contribution in [0, 0.1) is 12.3 Å². The van der Waals surface area contributed by atoms with E-state index in [-0.39, 0.29) is 12.2 Å². The van der Waals surface area contributed by atoms with Gasteiger partial charge < -0.3 is 5.11 Å². The second kappa shape index (κ2) is 4.59. The van der Waals surface area contributed by atoms with Crippen LogP contribution in [0.3, 0.4) is 0 Å². The summed E-state index contributed by atoms with van der Waals surface area (Å²) in [6, 6.07) is 6.98. The van der Waals surface area contributed by atoms with Crippen molar-refractivity contribution in [1.29, 1.82) is 0 Å². The summed E-state index contributed by atoms with van der Waals surface area (Å²) in [6.07, 6.45) is 4.62. The Morgan fingerprint density at radius 3 is 2.50 bits per heavy atom. The van der Waals surface area contributed by atoms with Crippen molar-refractivity contribution in [1.82, 2.24) is 0 Å². The van der Waals surface area contributed by atoms with Crippen molar-refractivity contribution in [3.05, 3.63) is 35.4 Å².